The van der Waals surface area contributed by atoms with Gasteiger partial charge in [-0.05, 0) is 43.3 Å². The lowest BCUT2D eigenvalue weighted by Gasteiger charge is -2.07. The van der Waals surface area contributed by atoms with Crippen molar-refractivity contribution in [3.05, 3.63) is 70.7 Å². The summed E-state index contributed by atoms with van der Waals surface area (Å²) in [5, 5.41) is 0.373. The van der Waals surface area contributed by atoms with E-state index in [0.29, 0.717) is 9.92 Å². The number of sulfone groups is 1. The average molecular weight is 398 g/mol. The number of nitrogens with zero attached hydrogens (tertiary/aromatic N) is 1. The van der Waals surface area contributed by atoms with Crippen molar-refractivity contribution < 1.29 is 17.4 Å². The molecule has 0 aromatic heterocycles. The van der Waals surface area contributed by atoms with Gasteiger partial charge in [-0.25, -0.2) is 17.0 Å². The molecule has 0 saturated carbocycles. The van der Waals surface area contributed by atoms with Crippen LogP contribution in [-0.2, 0) is 24.4 Å². The Morgan fingerprint density at radius 2 is 1.52 bits per heavy atom. The van der Waals surface area contributed by atoms with Crippen molar-refractivity contribution in [3.8, 4) is 0 Å². The Morgan fingerprint density at radius 1 is 0.960 bits per heavy atom. The van der Waals surface area contributed by atoms with Crippen molar-refractivity contribution in [1.29, 1.82) is 0 Å². The van der Waals surface area contributed by atoms with Crippen molar-refractivity contribution in [2.75, 3.05) is 6.26 Å². The maximum atomic E-state index is 12.7. The Balaban J connectivity index is 2.57. The molecule has 0 amide bonds. The van der Waals surface area contributed by atoms with Crippen LogP contribution in [0, 0.1) is 0 Å². The van der Waals surface area contributed by atoms with Crippen molar-refractivity contribution >= 4 is 37.0 Å². The van der Waals surface area contributed by atoms with Gasteiger partial charge in [0.15, 0.2) is 5.78 Å². The Bertz CT molecular complexity index is 1030. The Hall–Kier alpha value is -1.96. The van der Waals surface area contributed by atoms with Gasteiger partial charge >= 0.3 is 0 Å². The molecule has 0 saturated heterocycles. The number of carbonyl (C=O) groups excluding carboxylic acids is 1. The molecule has 0 aliphatic carbocycles. The van der Waals surface area contributed by atoms with E-state index < -0.39 is 30.3 Å². The van der Waals surface area contributed by atoms with Gasteiger partial charge in [-0.1, -0.05) is 29.8 Å². The molecule has 0 spiro atoms. The normalized spacial score (nSPS) is 14.6. The molecule has 0 bridgehead atoms. The third-order valence-electron chi connectivity index (χ3n) is 3.31. The molecule has 25 heavy (non-hydrogen) atoms. The summed E-state index contributed by atoms with van der Waals surface area (Å²) in [5.74, 6) is -0.693. The number of hydrogen-bond acceptors (Lipinski definition) is 5. The van der Waals surface area contributed by atoms with E-state index in [1.165, 1.54) is 30.5 Å². The minimum absolute atomic E-state index is 0.0872. The molecule has 0 N–H and O–H groups in total. The van der Waals surface area contributed by atoms with Gasteiger partial charge < -0.3 is 0 Å². The number of ketones is 1. The topological polar surface area (TPSA) is 80.6 Å². The molecule has 8 heteroatoms. The van der Waals surface area contributed by atoms with Crippen molar-refractivity contribution in [2.45, 2.75) is 16.7 Å². The number of Topliss-reactive ketones (excluding diaryl/α,β-unsaturated/α-hetero) is 1. The lowest BCUT2D eigenvalue weighted by Crippen LogP contribution is -2.11. The zero-order valence-electron chi connectivity index (χ0n) is 13.5. The predicted octanol–water partition coefficient (Wildman–Crippen LogP) is 3.70. The highest BCUT2D eigenvalue weighted by Gasteiger charge is 2.24. The number of benzene rings is 2. The zero-order valence-corrected chi connectivity index (χ0v) is 15.9. The van der Waals surface area contributed by atoms with Gasteiger partial charge in [0.25, 0.3) is 0 Å². The number of allylic oxidation sites excluding steroid dienone is 1. The van der Waals surface area contributed by atoms with E-state index >= 15 is 0 Å². The first-order valence-corrected chi connectivity index (χ1v) is 10.9. The van der Waals surface area contributed by atoms with Gasteiger partial charge in [-0.15, -0.1) is 0 Å². The highest BCUT2D eigenvalue weighted by molar-refractivity contribution is 7.96. The third kappa shape index (κ3) is 4.56. The lowest BCUT2D eigenvalue weighted by molar-refractivity contribution is -0.113. The quantitative estimate of drug-likeness (QED) is 0.720. The molecule has 0 aliphatic heterocycles. The van der Waals surface area contributed by atoms with Crippen LogP contribution in [0.25, 0.3) is 0 Å². The van der Waals surface area contributed by atoms with E-state index in [1.807, 2.05) is 0 Å². The zero-order chi connectivity index (χ0) is 18.7. The van der Waals surface area contributed by atoms with Crippen LogP contribution < -0.4 is 0 Å². The Kier molecular flexibility index (Phi) is 5.82. The van der Waals surface area contributed by atoms with Crippen LogP contribution in [-0.4, -0.2) is 24.7 Å². The summed E-state index contributed by atoms with van der Waals surface area (Å²) in [6.07, 6.45) is 2.26. The molecule has 0 heterocycles. The molecule has 132 valence electrons. The lowest BCUT2D eigenvalue weighted by atomic mass is 10.4. The second-order valence-electron chi connectivity index (χ2n) is 5.23. The van der Waals surface area contributed by atoms with E-state index in [2.05, 4.69) is 4.36 Å². The number of rotatable bonds is 5. The molecule has 2 aromatic rings. The maximum absolute atomic E-state index is 12.7. The first-order chi connectivity index (χ1) is 11.6. The molecule has 2 rings (SSSR count). The minimum atomic E-state index is -4.09. The third-order valence-corrected chi connectivity index (χ3v) is 7.08. The molecule has 1 atom stereocenters. The number of halogens is 1. The van der Waals surface area contributed by atoms with E-state index in [1.54, 1.807) is 30.3 Å². The minimum Gasteiger partial charge on any atom is -0.294 e. The second-order valence-corrected chi connectivity index (χ2v) is 9.87. The molecule has 0 radical (unpaired) electrons. The SMILES string of the molecule is CC(=O)/C(=C\N=S(C)(=O)c1ccccc1)S(=O)(=O)c1ccc(Cl)cc1. The smallest absolute Gasteiger partial charge is 0.211 e. The van der Waals surface area contributed by atoms with E-state index in [0.717, 1.165) is 13.1 Å². The van der Waals surface area contributed by atoms with Crippen LogP contribution in [0.15, 0.2) is 79.9 Å². The summed E-state index contributed by atoms with van der Waals surface area (Å²) < 4.78 is 41.9. The molecule has 5 nitrogen and oxygen atoms in total. The van der Waals surface area contributed by atoms with E-state index in [-0.39, 0.29) is 4.90 Å². The van der Waals surface area contributed by atoms with Gasteiger partial charge in [-0.3, -0.25) is 4.79 Å². The Morgan fingerprint density at radius 3 is 2.04 bits per heavy atom. The van der Waals surface area contributed by atoms with Crippen LogP contribution in [0.3, 0.4) is 0 Å². The highest BCUT2D eigenvalue weighted by Crippen LogP contribution is 2.23. The molecule has 2 aromatic carbocycles. The van der Waals surface area contributed by atoms with Crippen LogP contribution in [0.2, 0.25) is 5.02 Å². The average Bonchev–Trinajstić information content (AvgIpc) is 2.55. The standard InChI is InChI=1S/C17H16ClNO4S2/c1-13(20)17(25(22,23)16-10-8-14(18)9-11-16)12-19-24(2,21)15-6-4-3-5-7-15/h3-12H,1-2H3/b17-12+. The van der Waals surface area contributed by atoms with Crippen molar-refractivity contribution in [1.82, 2.24) is 0 Å². The molecular weight excluding hydrogens is 382 g/mol. The summed E-state index contributed by atoms with van der Waals surface area (Å²) in [7, 11) is -6.97. The number of hydrogen-bond donors (Lipinski definition) is 0. The van der Waals surface area contributed by atoms with Crippen LogP contribution in [0.4, 0.5) is 0 Å². The summed E-state index contributed by atoms with van der Waals surface area (Å²) in [4.78, 5) is 11.7. The van der Waals surface area contributed by atoms with Crippen LogP contribution in [0.1, 0.15) is 6.92 Å². The summed E-state index contributed by atoms with van der Waals surface area (Å²) in [6.45, 7) is 1.12. The van der Waals surface area contributed by atoms with E-state index in [9.17, 15) is 17.4 Å². The summed E-state index contributed by atoms with van der Waals surface area (Å²) in [6, 6.07) is 13.8. The summed E-state index contributed by atoms with van der Waals surface area (Å²) in [5.41, 5.74) is 0. The summed E-state index contributed by atoms with van der Waals surface area (Å²) >= 11 is 5.76. The van der Waals surface area contributed by atoms with Crippen LogP contribution in [0.5, 0.6) is 0 Å². The van der Waals surface area contributed by atoms with Gasteiger partial charge in [-0.2, -0.15) is 0 Å². The fraction of sp³-hybridized carbons (Fsp3) is 0.118. The fourth-order valence-electron chi connectivity index (χ4n) is 1.97. The number of carbonyl (C=O) groups is 1. The fourth-order valence-corrected chi connectivity index (χ4v) is 4.57. The monoisotopic (exact) mass is 397 g/mol. The molecular formula is C17H16ClNO4S2. The second kappa shape index (κ2) is 7.51. The van der Waals surface area contributed by atoms with Gasteiger partial charge in [0.1, 0.15) is 4.91 Å². The maximum Gasteiger partial charge on any atom is 0.211 e. The highest BCUT2D eigenvalue weighted by atomic mass is 35.5. The molecule has 0 fully saturated rings. The Labute approximate surface area is 152 Å². The first kappa shape index (κ1) is 19.4. The van der Waals surface area contributed by atoms with Gasteiger partial charge in [0.2, 0.25) is 9.84 Å². The van der Waals surface area contributed by atoms with Crippen molar-refractivity contribution in [2.24, 2.45) is 4.36 Å². The van der Waals surface area contributed by atoms with Gasteiger partial charge in [0.05, 0.1) is 20.8 Å². The van der Waals surface area contributed by atoms with E-state index in [4.69, 9.17) is 11.6 Å². The first-order valence-electron chi connectivity index (χ1n) is 7.13. The van der Waals surface area contributed by atoms with Gasteiger partial charge in [0, 0.05) is 16.2 Å². The molecule has 0 aliphatic rings. The van der Waals surface area contributed by atoms with Crippen LogP contribution >= 0.6 is 11.6 Å². The predicted molar refractivity (Wildman–Crippen MR) is 98.6 cm³/mol. The largest absolute Gasteiger partial charge is 0.294 e. The molecule has 1 unspecified atom stereocenters. The van der Waals surface area contributed by atoms with Crippen molar-refractivity contribution in [3.63, 3.8) is 0 Å².